The molecule has 0 saturated carbocycles. The third kappa shape index (κ3) is 18.2. The number of carbonyl (C=O) groups is 4. The van der Waals surface area contributed by atoms with Crippen LogP contribution in [-0.2, 0) is 39.5 Å². The van der Waals surface area contributed by atoms with Crippen LogP contribution in [0.2, 0.25) is 0 Å². The molecule has 3 heterocycles. The summed E-state index contributed by atoms with van der Waals surface area (Å²) >= 11 is -1.03. The molecule has 0 amide bonds. The second kappa shape index (κ2) is 31.4. The van der Waals surface area contributed by atoms with Crippen LogP contribution in [-0.4, -0.2) is 92.4 Å². The van der Waals surface area contributed by atoms with Crippen LogP contribution in [0.25, 0.3) is 21.5 Å². The van der Waals surface area contributed by atoms with Crippen molar-refractivity contribution in [1.29, 1.82) is 0 Å². The predicted molar refractivity (Wildman–Crippen MR) is 310 cm³/mol. The maximum Gasteiger partial charge on any atom is 0.347 e. The first-order chi connectivity index (χ1) is 35.9. The minimum absolute atomic E-state index is 0. The number of fused-ring (bicyclic) bond motifs is 6. The molecule has 2 unspecified atom stereocenters. The van der Waals surface area contributed by atoms with Gasteiger partial charge in [0.1, 0.15) is 41.1 Å². The smallest absolute Gasteiger partial charge is 0.347 e. The molecular formula is C57H76O17Sn. The number of phenols is 2. The fourth-order valence-electron chi connectivity index (χ4n) is 6.91. The van der Waals surface area contributed by atoms with Crippen LogP contribution in [0.5, 0.6) is 34.5 Å². The topological polar surface area (TPSA) is 253 Å². The molecule has 75 heavy (non-hydrogen) atoms. The van der Waals surface area contributed by atoms with Gasteiger partial charge in [0.05, 0.1) is 36.8 Å². The van der Waals surface area contributed by atoms with Crippen molar-refractivity contribution in [2.75, 3.05) is 19.8 Å². The van der Waals surface area contributed by atoms with Crippen LogP contribution >= 0.6 is 0 Å². The molecule has 0 aromatic heterocycles. The number of hydrogen-bond donors (Lipinski definition) is 3. The number of aliphatic hydroxyl groups is 1. The largest absolute Gasteiger partial charge is 0.507 e. The van der Waals surface area contributed by atoms with E-state index in [-0.39, 0.29) is 68.5 Å². The summed E-state index contributed by atoms with van der Waals surface area (Å²) in [6, 6.07) is 14.1. The summed E-state index contributed by atoms with van der Waals surface area (Å²) < 4.78 is 37.1. The summed E-state index contributed by atoms with van der Waals surface area (Å²) in [5.74, 6) is 30.1. The Bertz CT molecular complexity index is 3090. The van der Waals surface area contributed by atoms with Gasteiger partial charge in [-0.25, -0.2) is 9.59 Å². The Morgan fingerprint density at radius 2 is 1.00 bits per heavy atom. The number of hydrogen-bond acceptors (Lipinski definition) is 17. The van der Waals surface area contributed by atoms with Gasteiger partial charge >= 0.3 is 137 Å². The van der Waals surface area contributed by atoms with Gasteiger partial charge in [0.25, 0.3) is 0 Å². The van der Waals surface area contributed by atoms with Crippen LogP contribution in [0.15, 0.2) is 48.5 Å². The van der Waals surface area contributed by atoms with Gasteiger partial charge in [-0.1, -0.05) is 58.9 Å². The number of benzene rings is 4. The molecule has 7 rings (SSSR count). The Kier molecular flexibility index (Phi) is 26.0. The molecule has 0 aliphatic carbocycles. The summed E-state index contributed by atoms with van der Waals surface area (Å²) in [6.07, 6.45) is 9.75. The van der Waals surface area contributed by atoms with E-state index in [1.807, 2.05) is 52.8 Å². The van der Waals surface area contributed by atoms with Crippen LogP contribution < -0.4 is 18.9 Å². The number of terminal acetylenes is 2. The molecule has 1 fully saturated rings. The predicted octanol–water partition coefficient (Wildman–Crippen LogP) is 9.76. The Labute approximate surface area is 464 Å². The average molecular weight is 1150 g/mol. The second-order valence-electron chi connectivity index (χ2n) is 16.5. The third-order valence-electron chi connectivity index (χ3n) is 10.1. The first-order valence-electron chi connectivity index (χ1n) is 22.2. The summed E-state index contributed by atoms with van der Waals surface area (Å²) in [4.78, 5) is 73.1. The molecular weight excluding hydrogens is 1080 g/mol. The van der Waals surface area contributed by atoms with E-state index in [0.717, 1.165) is 17.5 Å². The van der Waals surface area contributed by atoms with E-state index in [2.05, 4.69) is 88.4 Å². The van der Waals surface area contributed by atoms with E-state index in [9.17, 15) is 29.4 Å². The van der Waals surface area contributed by atoms with Gasteiger partial charge in [0.15, 0.2) is 12.2 Å². The van der Waals surface area contributed by atoms with Crippen molar-refractivity contribution in [3.8, 4) is 126 Å². The summed E-state index contributed by atoms with van der Waals surface area (Å²) in [7, 11) is 0. The summed E-state index contributed by atoms with van der Waals surface area (Å²) in [6.45, 7) is 13.4. The third-order valence-corrected chi connectivity index (χ3v) is 11.5. The maximum atomic E-state index is 11.9. The Morgan fingerprint density at radius 3 is 1.37 bits per heavy atom. The Balaban J connectivity index is -0.0000000752. The van der Waals surface area contributed by atoms with E-state index in [1.54, 1.807) is 30.3 Å². The van der Waals surface area contributed by atoms with E-state index >= 15 is 0 Å². The molecule has 410 valence electrons. The first kappa shape index (κ1) is 62.0. The quantitative estimate of drug-likeness (QED) is 0.0703. The Hall–Kier alpha value is -9.08. The van der Waals surface area contributed by atoms with Gasteiger partial charge in [0.2, 0.25) is 0 Å². The molecule has 4 aromatic carbocycles. The number of phenolic OH excluding ortho intramolecular Hbond substituents is 2. The molecule has 3 aliphatic heterocycles. The number of aromatic hydroxyl groups is 2. The van der Waals surface area contributed by atoms with Crippen molar-refractivity contribution in [2.24, 2.45) is 0 Å². The molecule has 18 heteroatoms. The van der Waals surface area contributed by atoms with E-state index < -0.39 is 50.7 Å². The van der Waals surface area contributed by atoms with Crippen LogP contribution in [0.1, 0.15) is 98.8 Å². The van der Waals surface area contributed by atoms with Crippen LogP contribution in [0.4, 0.5) is 0 Å². The normalized spacial score (nSPS) is 15.0. The fourth-order valence-corrected chi connectivity index (χ4v) is 7.80. The number of rotatable bonds is 6. The Morgan fingerprint density at radius 1 is 0.627 bits per heavy atom. The number of esters is 4. The van der Waals surface area contributed by atoms with Gasteiger partial charge in [0, 0.05) is 72.6 Å². The van der Waals surface area contributed by atoms with Crippen LogP contribution in [0.3, 0.4) is 0 Å². The standard InChI is InChI=1S/C18H20O4.C17H18O5.2C8H.C6H8O4.2O2.Sn.14H2/c1-4-8-21-14-7-5-6-11-16(14)13(19)9-12-17(11)22-15(20)10-18(12,2)3;1-17(2)9-14(20)22-16-10-4-3-5-13(21-7-6-18)15(10)12(19)8-11(16)17;2*1-3-5-7-8-6-4-2;1-3-5(7)10-4(2)6(8)9-3;2*1-2;;;;;;;;;;;;;;;/h5-7,9,19H,4,8,10H2,1-3H3;3-5,8,18-19H,6-7,9H2,1-2H3;2*1H;3-4H,1-2H3;;;;14*1H. The van der Waals surface area contributed by atoms with Crippen molar-refractivity contribution >= 4 is 66.6 Å². The van der Waals surface area contributed by atoms with Gasteiger partial charge in [-0.3, -0.25) is 9.59 Å². The molecule has 1 saturated heterocycles. The number of carbonyl (C=O) groups excluding carboxylic acids is 4. The second-order valence-corrected chi connectivity index (χ2v) is 18.6. The maximum absolute atomic E-state index is 11.9. The number of ether oxygens (including phenoxy) is 6. The van der Waals surface area contributed by atoms with E-state index in [4.69, 9.17) is 56.8 Å². The van der Waals surface area contributed by atoms with Gasteiger partial charge in [-0.2, -0.15) is 0 Å². The van der Waals surface area contributed by atoms with Gasteiger partial charge < -0.3 is 43.7 Å². The molecule has 17 nitrogen and oxygen atoms in total. The van der Waals surface area contributed by atoms with Crippen molar-refractivity contribution in [2.45, 2.75) is 90.8 Å². The SMILES string of the molecule is C#CC#CC#CC#[C][Sn][C]#CC#CC#CC#C.CC1(C)CC(=O)Oc2c1cc(O)c1c(OCCO)cccc21.CC1OC(=O)C(C)OC1=O.CCCOc1cccc2c3c(cc(O)c12)C(C)(C)CC(=O)O3.O=O.O=O.[HH].[HH].[HH].[HH].[HH].[HH].[HH].[HH].[HH].[HH].[HH].[HH].[HH].[HH]. The summed E-state index contributed by atoms with van der Waals surface area (Å²) in [5, 5.41) is 32.2. The zero-order chi connectivity index (χ0) is 56.1. The van der Waals surface area contributed by atoms with E-state index in [0.29, 0.717) is 57.6 Å². The van der Waals surface area contributed by atoms with Crippen molar-refractivity contribution in [3.05, 3.63) is 79.5 Å². The average Bonchev–Trinajstić information content (AvgIpc) is 3.38. The summed E-state index contributed by atoms with van der Waals surface area (Å²) in [5.41, 5.74) is 0.885. The van der Waals surface area contributed by atoms with Crippen molar-refractivity contribution in [3.63, 3.8) is 0 Å². The van der Waals surface area contributed by atoms with Crippen molar-refractivity contribution < 1.29 is 82.9 Å². The minimum Gasteiger partial charge on any atom is -0.507 e. The zero-order valence-electron chi connectivity index (χ0n) is 41.7. The van der Waals surface area contributed by atoms with Gasteiger partial charge in [-0.05, 0) is 44.5 Å². The monoisotopic (exact) mass is 1150 g/mol. The molecule has 0 bridgehead atoms. The zero-order valence-corrected chi connectivity index (χ0v) is 44.6. The number of aliphatic hydroxyl groups excluding tert-OH is 1. The first-order valence-corrected chi connectivity index (χ1v) is 25.0. The molecule has 2 atom stereocenters. The minimum atomic E-state index is -1.03. The molecule has 3 N–H and O–H groups in total. The molecule has 0 spiro atoms. The van der Waals surface area contributed by atoms with Crippen LogP contribution in [0, 0.1) is 112 Å². The number of cyclic esters (lactones) is 2. The van der Waals surface area contributed by atoms with Gasteiger partial charge in [-0.15, -0.1) is 0 Å². The molecule has 4 aromatic rings. The fraction of sp³-hybridized carbons (Fsp3) is 0.298. The molecule has 2 radical (unpaired) electrons. The molecule has 3 aliphatic rings. The van der Waals surface area contributed by atoms with E-state index in [1.165, 1.54) is 13.8 Å². The van der Waals surface area contributed by atoms with Crippen molar-refractivity contribution in [1.82, 2.24) is 0 Å².